The summed E-state index contributed by atoms with van der Waals surface area (Å²) in [7, 11) is 0. The Labute approximate surface area is 102 Å². The summed E-state index contributed by atoms with van der Waals surface area (Å²) in [6, 6.07) is 8.74. The van der Waals surface area contributed by atoms with Gasteiger partial charge >= 0.3 is 0 Å². The fourth-order valence-electron chi connectivity index (χ4n) is 2.09. The Hall–Kier alpha value is -0.510. The molecular formula is C13H20N2S. The largest absolute Gasteiger partial charge is 0.330 e. The number of hydrogen-bond donors (Lipinski definition) is 2. The fourth-order valence-corrected chi connectivity index (χ4v) is 2.76. The molecule has 2 nitrogen and oxygen atoms in total. The second-order valence-corrected chi connectivity index (χ2v) is 5.88. The Balaban J connectivity index is 2.09. The first-order chi connectivity index (χ1) is 7.72. The number of rotatable bonds is 5. The molecule has 0 heterocycles. The Morgan fingerprint density at radius 2 is 1.94 bits per heavy atom. The second-order valence-electron chi connectivity index (χ2n) is 4.55. The molecule has 1 saturated carbocycles. The van der Waals surface area contributed by atoms with E-state index in [1.807, 2.05) is 11.8 Å². The van der Waals surface area contributed by atoms with Gasteiger partial charge in [-0.2, -0.15) is 0 Å². The van der Waals surface area contributed by atoms with Gasteiger partial charge in [0.2, 0.25) is 0 Å². The van der Waals surface area contributed by atoms with Gasteiger partial charge in [-0.1, -0.05) is 19.1 Å². The molecule has 1 aliphatic carbocycles. The topological polar surface area (TPSA) is 52.0 Å². The third-order valence-electron chi connectivity index (χ3n) is 3.51. The highest BCUT2D eigenvalue weighted by Crippen LogP contribution is 2.52. The maximum absolute atomic E-state index is 6.28. The van der Waals surface area contributed by atoms with Gasteiger partial charge in [-0.05, 0) is 42.8 Å². The zero-order valence-corrected chi connectivity index (χ0v) is 10.6. The van der Waals surface area contributed by atoms with Crippen molar-refractivity contribution in [2.24, 2.45) is 16.9 Å². The molecule has 1 aromatic carbocycles. The first-order valence-electron chi connectivity index (χ1n) is 5.90. The van der Waals surface area contributed by atoms with Crippen molar-refractivity contribution in [3.05, 3.63) is 29.8 Å². The zero-order chi connectivity index (χ0) is 11.6. The monoisotopic (exact) mass is 236 g/mol. The van der Waals surface area contributed by atoms with Crippen molar-refractivity contribution in [3.8, 4) is 0 Å². The highest BCUT2D eigenvalue weighted by molar-refractivity contribution is 7.99. The molecule has 0 radical (unpaired) electrons. The molecule has 88 valence electrons. The highest BCUT2D eigenvalue weighted by atomic mass is 32.2. The first-order valence-corrected chi connectivity index (χ1v) is 6.89. The SMILES string of the molecule is CCSc1ccc(C(N)C2(CN)CC2)cc1. The van der Waals surface area contributed by atoms with Crippen LogP contribution in [0.5, 0.6) is 0 Å². The van der Waals surface area contributed by atoms with E-state index in [1.165, 1.54) is 23.3 Å². The lowest BCUT2D eigenvalue weighted by Gasteiger charge is -2.22. The summed E-state index contributed by atoms with van der Waals surface area (Å²) in [5.41, 5.74) is 13.5. The maximum Gasteiger partial charge on any atom is 0.0364 e. The Kier molecular flexibility index (Phi) is 3.57. The van der Waals surface area contributed by atoms with Gasteiger partial charge in [-0.15, -0.1) is 11.8 Å². The van der Waals surface area contributed by atoms with E-state index >= 15 is 0 Å². The maximum atomic E-state index is 6.28. The minimum Gasteiger partial charge on any atom is -0.330 e. The highest BCUT2D eigenvalue weighted by Gasteiger charge is 2.46. The lowest BCUT2D eigenvalue weighted by atomic mass is 9.91. The van der Waals surface area contributed by atoms with Crippen molar-refractivity contribution in [3.63, 3.8) is 0 Å². The van der Waals surface area contributed by atoms with E-state index in [2.05, 4.69) is 31.2 Å². The van der Waals surface area contributed by atoms with Gasteiger partial charge in [0.1, 0.15) is 0 Å². The molecule has 0 aliphatic heterocycles. The van der Waals surface area contributed by atoms with Crippen LogP contribution in [0.25, 0.3) is 0 Å². The number of nitrogens with two attached hydrogens (primary N) is 2. The van der Waals surface area contributed by atoms with E-state index in [0.29, 0.717) is 6.54 Å². The standard InChI is InChI=1S/C13H20N2S/c1-2-16-11-5-3-10(4-6-11)12(15)13(9-14)7-8-13/h3-6,12H,2,7-9,14-15H2,1H3. The lowest BCUT2D eigenvalue weighted by molar-refractivity contribution is 0.419. The van der Waals surface area contributed by atoms with Gasteiger partial charge in [-0.3, -0.25) is 0 Å². The van der Waals surface area contributed by atoms with Crippen LogP contribution in [0.1, 0.15) is 31.4 Å². The summed E-state index contributed by atoms with van der Waals surface area (Å²) in [6.45, 7) is 2.87. The molecule has 0 aromatic heterocycles. The van der Waals surface area contributed by atoms with Crippen molar-refractivity contribution in [2.75, 3.05) is 12.3 Å². The van der Waals surface area contributed by atoms with Crippen LogP contribution in [0.3, 0.4) is 0 Å². The molecule has 4 N–H and O–H groups in total. The van der Waals surface area contributed by atoms with E-state index in [0.717, 1.165) is 5.75 Å². The van der Waals surface area contributed by atoms with Crippen LogP contribution in [-0.2, 0) is 0 Å². The molecule has 1 atom stereocenters. The van der Waals surface area contributed by atoms with E-state index in [4.69, 9.17) is 11.5 Å². The van der Waals surface area contributed by atoms with Crippen molar-refractivity contribution >= 4 is 11.8 Å². The Morgan fingerprint density at radius 3 is 2.38 bits per heavy atom. The normalized spacial score (nSPS) is 19.4. The molecule has 0 saturated heterocycles. The molecule has 16 heavy (non-hydrogen) atoms. The van der Waals surface area contributed by atoms with Gasteiger partial charge < -0.3 is 11.5 Å². The number of hydrogen-bond acceptors (Lipinski definition) is 3. The lowest BCUT2D eigenvalue weighted by Crippen LogP contribution is -2.29. The molecule has 0 amide bonds. The van der Waals surface area contributed by atoms with E-state index in [-0.39, 0.29) is 11.5 Å². The summed E-state index contributed by atoms with van der Waals surface area (Å²) in [5, 5.41) is 0. The summed E-state index contributed by atoms with van der Waals surface area (Å²) in [4.78, 5) is 1.32. The predicted molar refractivity (Wildman–Crippen MR) is 70.5 cm³/mol. The molecule has 1 unspecified atom stereocenters. The molecule has 1 aliphatic rings. The quantitative estimate of drug-likeness (QED) is 0.772. The minimum atomic E-state index is 0.109. The molecule has 1 fully saturated rings. The van der Waals surface area contributed by atoms with Crippen LogP contribution in [0.2, 0.25) is 0 Å². The zero-order valence-electron chi connectivity index (χ0n) is 9.78. The average Bonchev–Trinajstić information content (AvgIpc) is 3.10. The van der Waals surface area contributed by atoms with Crippen LogP contribution < -0.4 is 11.5 Å². The van der Waals surface area contributed by atoms with Crippen LogP contribution >= 0.6 is 11.8 Å². The number of benzene rings is 1. The van der Waals surface area contributed by atoms with Crippen molar-refractivity contribution < 1.29 is 0 Å². The van der Waals surface area contributed by atoms with Gasteiger partial charge in [-0.25, -0.2) is 0 Å². The average molecular weight is 236 g/mol. The molecule has 0 spiro atoms. The van der Waals surface area contributed by atoms with Crippen molar-refractivity contribution in [1.82, 2.24) is 0 Å². The van der Waals surface area contributed by atoms with Gasteiger partial charge in [0.25, 0.3) is 0 Å². The summed E-state index contributed by atoms with van der Waals surface area (Å²) < 4.78 is 0. The molecule has 3 heteroatoms. The fraction of sp³-hybridized carbons (Fsp3) is 0.538. The molecule has 2 rings (SSSR count). The van der Waals surface area contributed by atoms with Crippen molar-refractivity contribution in [2.45, 2.75) is 30.7 Å². The van der Waals surface area contributed by atoms with Gasteiger partial charge in [0, 0.05) is 16.4 Å². The van der Waals surface area contributed by atoms with E-state index in [1.54, 1.807) is 0 Å². The van der Waals surface area contributed by atoms with Crippen LogP contribution in [0.4, 0.5) is 0 Å². The first kappa shape index (κ1) is 12.0. The third-order valence-corrected chi connectivity index (χ3v) is 4.40. The summed E-state index contributed by atoms with van der Waals surface area (Å²) >= 11 is 1.86. The van der Waals surface area contributed by atoms with E-state index < -0.39 is 0 Å². The van der Waals surface area contributed by atoms with Gasteiger partial charge in [0.05, 0.1) is 0 Å². The Morgan fingerprint density at radius 1 is 1.31 bits per heavy atom. The minimum absolute atomic E-state index is 0.109. The van der Waals surface area contributed by atoms with E-state index in [9.17, 15) is 0 Å². The van der Waals surface area contributed by atoms with Crippen molar-refractivity contribution in [1.29, 1.82) is 0 Å². The second kappa shape index (κ2) is 4.78. The third kappa shape index (κ3) is 2.26. The molecule has 1 aromatic rings. The number of thioether (sulfide) groups is 1. The Bertz CT molecular complexity index is 343. The predicted octanol–water partition coefficient (Wildman–Crippen LogP) is 2.54. The molecular weight excluding hydrogens is 216 g/mol. The van der Waals surface area contributed by atoms with Crippen LogP contribution in [0, 0.1) is 5.41 Å². The van der Waals surface area contributed by atoms with Crippen LogP contribution in [0.15, 0.2) is 29.2 Å². The molecule has 0 bridgehead atoms. The summed E-state index contributed by atoms with van der Waals surface area (Å²) in [5.74, 6) is 1.11. The smallest absolute Gasteiger partial charge is 0.0364 e. The van der Waals surface area contributed by atoms with Gasteiger partial charge in [0.15, 0.2) is 0 Å². The summed E-state index contributed by atoms with van der Waals surface area (Å²) in [6.07, 6.45) is 2.35. The van der Waals surface area contributed by atoms with Crippen LogP contribution in [-0.4, -0.2) is 12.3 Å².